The van der Waals surface area contributed by atoms with E-state index >= 15 is 0 Å². The second-order valence-corrected chi connectivity index (χ2v) is 7.88. The Morgan fingerprint density at radius 2 is 2.07 bits per heavy atom. The van der Waals surface area contributed by atoms with Gasteiger partial charge in [0.2, 0.25) is 0 Å². The number of nitrogens with zero attached hydrogens (tertiary/aromatic N) is 3. The number of hydrogen-bond donors (Lipinski definition) is 0. The molecule has 0 aliphatic carbocycles. The first-order valence-corrected chi connectivity index (χ1v) is 9.88. The Labute approximate surface area is 176 Å². The van der Waals surface area contributed by atoms with Gasteiger partial charge in [0.15, 0.2) is 5.76 Å². The molecule has 2 aromatic heterocycles. The molecule has 6 nitrogen and oxygen atoms in total. The van der Waals surface area contributed by atoms with E-state index in [0.717, 1.165) is 22.6 Å². The molecule has 0 N–H and O–H groups in total. The van der Waals surface area contributed by atoms with E-state index in [9.17, 15) is 4.79 Å². The van der Waals surface area contributed by atoms with Crippen LogP contribution in [0.15, 0.2) is 40.9 Å². The second-order valence-electron chi connectivity index (χ2n) is 7.47. The van der Waals surface area contributed by atoms with Crippen LogP contribution in [0.1, 0.15) is 52.9 Å². The summed E-state index contributed by atoms with van der Waals surface area (Å²) in [6.07, 6.45) is 1.56. The van der Waals surface area contributed by atoms with Gasteiger partial charge in [-0.15, -0.1) is 0 Å². The Kier molecular flexibility index (Phi) is 6.33. The summed E-state index contributed by atoms with van der Waals surface area (Å²) in [5.74, 6) is 1.82. The third-order valence-corrected chi connectivity index (χ3v) is 5.09. The first-order valence-electron chi connectivity index (χ1n) is 9.50. The highest BCUT2D eigenvalue weighted by Crippen LogP contribution is 2.28. The maximum absolute atomic E-state index is 12.7. The largest absolute Gasteiger partial charge is 0.485 e. The van der Waals surface area contributed by atoms with Gasteiger partial charge in [0.25, 0.3) is 5.91 Å². The van der Waals surface area contributed by atoms with E-state index in [1.54, 1.807) is 42.0 Å². The number of amides is 1. The summed E-state index contributed by atoms with van der Waals surface area (Å²) in [5.41, 5.74) is 3.04. The van der Waals surface area contributed by atoms with Gasteiger partial charge in [-0.2, -0.15) is 5.10 Å². The third-order valence-electron chi connectivity index (χ3n) is 4.78. The molecule has 154 valence electrons. The van der Waals surface area contributed by atoms with Crippen molar-refractivity contribution in [2.45, 2.75) is 39.8 Å². The van der Waals surface area contributed by atoms with Crippen molar-refractivity contribution in [3.05, 3.63) is 69.9 Å². The highest BCUT2D eigenvalue weighted by Gasteiger charge is 2.19. The van der Waals surface area contributed by atoms with E-state index in [1.807, 2.05) is 13.0 Å². The van der Waals surface area contributed by atoms with Crippen molar-refractivity contribution < 1.29 is 13.9 Å². The molecule has 1 aromatic carbocycles. The van der Waals surface area contributed by atoms with Crippen LogP contribution in [0.4, 0.5) is 0 Å². The van der Waals surface area contributed by atoms with Gasteiger partial charge >= 0.3 is 0 Å². The molecular weight excluding hydrogens is 390 g/mol. The van der Waals surface area contributed by atoms with Crippen molar-refractivity contribution in [3.8, 4) is 5.75 Å². The summed E-state index contributed by atoms with van der Waals surface area (Å²) >= 11 is 6.13. The van der Waals surface area contributed by atoms with Gasteiger partial charge in [-0.25, -0.2) is 0 Å². The molecule has 0 aliphatic rings. The molecule has 1 amide bonds. The lowest BCUT2D eigenvalue weighted by atomic mass is 10.0. The fourth-order valence-corrected chi connectivity index (χ4v) is 3.29. The minimum absolute atomic E-state index is 0.230. The zero-order chi connectivity index (χ0) is 21.1. The predicted molar refractivity (Wildman–Crippen MR) is 112 cm³/mol. The van der Waals surface area contributed by atoms with E-state index < -0.39 is 0 Å². The van der Waals surface area contributed by atoms with Gasteiger partial charge in [0, 0.05) is 14.1 Å². The summed E-state index contributed by atoms with van der Waals surface area (Å²) in [6.45, 7) is 6.89. The monoisotopic (exact) mass is 415 g/mol. The summed E-state index contributed by atoms with van der Waals surface area (Å²) in [5, 5.41) is 4.62. The molecule has 2 heterocycles. The van der Waals surface area contributed by atoms with E-state index in [0.29, 0.717) is 23.2 Å². The molecule has 0 atom stereocenters. The standard InChI is InChI=1S/C22H26ClN3O3/c1-14(2)17-8-6-15(3)10-21(17)28-13-16-7-9-20(29-16)22(27)25(4)12-19-18(23)11-24-26(19)5/h6-11,14H,12-13H2,1-5H3. The number of halogens is 1. The summed E-state index contributed by atoms with van der Waals surface area (Å²) < 4.78 is 13.4. The van der Waals surface area contributed by atoms with Crippen LogP contribution < -0.4 is 4.74 Å². The van der Waals surface area contributed by atoms with Crippen LogP contribution in [0.25, 0.3) is 0 Å². The molecule has 0 unspecified atom stereocenters. The van der Waals surface area contributed by atoms with Crippen molar-refractivity contribution >= 4 is 17.5 Å². The third kappa shape index (κ3) is 4.82. The second kappa shape index (κ2) is 8.74. The number of ether oxygens (including phenoxy) is 1. The van der Waals surface area contributed by atoms with Crippen LogP contribution >= 0.6 is 11.6 Å². The van der Waals surface area contributed by atoms with Gasteiger partial charge < -0.3 is 14.1 Å². The number of aromatic nitrogens is 2. The Hall–Kier alpha value is -2.73. The van der Waals surface area contributed by atoms with Gasteiger partial charge in [0.1, 0.15) is 18.1 Å². The van der Waals surface area contributed by atoms with Crippen LogP contribution in [0.2, 0.25) is 5.02 Å². The quantitative estimate of drug-likeness (QED) is 0.547. The van der Waals surface area contributed by atoms with Crippen LogP contribution in [0.3, 0.4) is 0 Å². The molecule has 0 saturated carbocycles. The maximum atomic E-state index is 12.7. The Bertz CT molecular complexity index is 987. The molecule has 29 heavy (non-hydrogen) atoms. The fraction of sp³-hybridized carbons (Fsp3) is 0.364. The van der Waals surface area contributed by atoms with E-state index in [4.69, 9.17) is 20.8 Å². The topological polar surface area (TPSA) is 60.5 Å². The zero-order valence-electron chi connectivity index (χ0n) is 17.4. The van der Waals surface area contributed by atoms with Gasteiger partial charge in [-0.1, -0.05) is 37.6 Å². The number of rotatable bonds is 7. The van der Waals surface area contributed by atoms with Crippen molar-refractivity contribution in [1.29, 1.82) is 0 Å². The number of hydrogen-bond acceptors (Lipinski definition) is 4. The predicted octanol–water partition coefficient (Wildman–Crippen LogP) is 4.95. The number of aryl methyl sites for hydroxylation is 2. The molecule has 7 heteroatoms. The van der Waals surface area contributed by atoms with Crippen LogP contribution in [-0.4, -0.2) is 27.6 Å². The van der Waals surface area contributed by atoms with E-state index in [2.05, 4.69) is 31.1 Å². The minimum atomic E-state index is -0.230. The normalized spacial score (nSPS) is 11.1. The number of benzene rings is 1. The molecule has 0 aliphatic heterocycles. The molecule has 0 fully saturated rings. The van der Waals surface area contributed by atoms with Crippen LogP contribution in [0, 0.1) is 6.92 Å². The Balaban J connectivity index is 1.66. The zero-order valence-corrected chi connectivity index (χ0v) is 18.2. The maximum Gasteiger partial charge on any atom is 0.289 e. The van der Waals surface area contributed by atoms with Crippen LogP contribution in [0.5, 0.6) is 5.75 Å². The van der Waals surface area contributed by atoms with E-state index in [-0.39, 0.29) is 18.3 Å². The molecule has 0 bridgehead atoms. The van der Waals surface area contributed by atoms with Gasteiger partial charge in [-0.05, 0) is 42.2 Å². The SMILES string of the molecule is Cc1ccc(C(C)C)c(OCc2ccc(C(=O)N(C)Cc3c(Cl)cnn3C)o2)c1. The van der Waals surface area contributed by atoms with Crippen molar-refractivity contribution in [1.82, 2.24) is 14.7 Å². The van der Waals surface area contributed by atoms with Crippen molar-refractivity contribution in [2.75, 3.05) is 7.05 Å². The minimum Gasteiger partial charge on any atom is -0.485 e. The first kappa shape index (κ1) is 21.0. The summed E-state index contributed by atoms with van der Waals surface area (Å²) in [7, 11) is 3.49. The number of carbonyl (C=O) groups is 1. The smallest absolute Gasteiger partial charge is 0.289 e. The molecular formula is C22H26ClN3O3. The molecule has 0 saturated heterocycles. The Morgan fingerprint density at radius 1 is 1.31 bits per heavy atom. The number of carbonyl (C=O) groups excluding carboxylic acids is 1. The highest BCUT2D eigenvalue weighted by atomic mass is 35.5. The molecule has 3 aromatic rings. The average molecular weight is 416 g/mol. The summed E-state index contributed by atoms with van der Waals surface area (Å²) in [4.78, 5) is 14.2. The lowest BCUT2D eigenvalue weighted by molar-refractivity contribution is 0.0746. The van der Waals surface area contributed by atoms with Gasteiger partial charge in [0.05, 0.1) is 23.5 Å². The average Bonchev–Trinajstić information content (AvgIpc) is 3.27. The molecule has 0 radical (unpaired) electrons. The van der Waals surface area contributed by atoms with E-state index in [1.165, 1.54) is 0 Å². The first-order chi connectivity index (χ1) is 13.8. The van der Waals surface area contributed by atoms with Crippen molar-refractivity contribution in [3.63, 3.8) is 0 Å². The number of furan rings is 1. The highest BCUT2D eigenvalue weighted by molar-refractivity contribution is 6.31. The summed E-state index contributed by atoms with van der Waals surface area (Å²) in [6, 6.07) is 9.63. The molecule has 0 spiro atoms. The van der Waals surface area contributed by atoms with Gasteiger partial charge in [-0.3, -0.25) is 9.48 Å². The van der Waals surface area contributed by atoms with Crippen LogP contribution in [-0.2, 0) is 20.2 Å². The Morgan fingerprint density at radius 3 is 2.72 bits per heavy atom. The van der Waals surface area contributed by atoms with Crippen molar-refractivity contribution in [2.24, 2.45) is 7.05 Å². The fourth-order valence-electron chi connectivity index (χ4n) is 3.06. The molecule has 3 rings (SSSR count). The lowest BCUT2D eigenvalue weighted by Gasteiger charge is -2.16. The lowest BCUT2D eigenvalue weighted by Crippen LogP contribution is -2.27.